The van der Waals surface area contributed by atoms with E-state index in [2.05, 4.69) is 9.39 Å². The molecule has 0 radical (unpaired) electrons. The lowest BCUT2D eigenvalue weighted by Gasteiger charge is -2.27. The summed E-state index contributed by atoms with van der Waals surface area (Å²) in [6.45, 7) is 0. The summed E-state index contributed by atoms with van der Waals surface area (Å²) in [6.07, 6.45) is 2.54. The molecule has 2 rings (SSSR count). The van der Waals surface area contributed by atoms with Crippen molar-refractivity contribution in [2.75, 3.05) is 7.05 Å². The smallest absolute Gasteiger partial charge is 0.247 e. The van der Waals surface area contributed by atoms with Gasteiger partial charge in [-0.2, -0.15) is 0 Å². The van der Waals surface area contributed by atoms with Gasteiger partial charge in [-0.25, -0.2) is 9.20 Å². The molecule has 1 unspecified atom stereocenters. The van der Waals surface area contributed by atoms with E-state index in [4.69, 9.17) is 0 Å². The Bertz CT molecular complexity index is 334. The van der Waals surface area contributed by atoms with Crippen LogP contribution in [-0.2, 0) is 11.2 Å². The van der Waals surface area contributed by atoms with Crippen molar-refractivity contribution in [1.82, 2.24) is 9.37 Å². The van der Waals surface area contributed by atoms with Crippen LogP contribution >= 0.6 is 0 Å². The second-order valence-electron chi connectivity index (χ2n) is 2.25. The van der Waals surface area contributed by atoms with Crippen LogP contribution in [0.2, 0.25) is 0 Å². The average Bonchev–Trinajstić information content (AvgIpc) is 2.32. The first-order valence-corrected chi connectivity index (χ1v) is 4.21. The molecule has 2 aliphatic heterocycles. The van der Waals surface area contributed by atoms with E-state index in [9.17, 15) is 9.42 Å². The zero-order valence-corrected chi connectivity index (χ0v) is 6.98. The molecule has 7 heteroatoms. The largest absolute Gasteiger partial charge is 0.752 e. The van der Waals surface area contributed by atoms with E-state index >= 15 is 0 Å². The number of nitrogens with zero attached hydrogens (tertiary/aromatic N) is 4. The van der Waals surface area contributed by atoms with Crippen LogP contribution in [0.4, 0.5) is 0 Å². The summed E-state index contributed by atoms with van der Waals surface area (Å²) in [6, 6.07) is 0. The summed E-state index contributed by atoms with van der Waals surface area (Å²) < 4.78 is 16.1. The van der Waals surface area contributed by atoms with Gasteiger partial charge in [0.2, 0.25) is 11.2 Å². The van der Waals surface area contributed by atoms with Gasteiger partial charge in [0, 0.05) is 7.05 Å². The number of fused-ring (bicyclic) bond motifs is 1. The van der Waals surface area contributed by atoms with Crippen molar-refractivity contribution in [3.05, 3.63) is 17.1 Å². The van der Waals surface area contributed by atoms with Gasteiger partial charge in [0.05, 0.1) is 12.5 Å². The van der Waals surface area contributed by atoms with Gasteiger partial charge >= 0.3 is 0 Å². The molecule has 0 aromatic carbocycles. The zero-order valence-electron chi connectivity index (χ0n) is 6.17. The average molecular weight is 185 g/mol. The minimum atomic E-state index is -1.48. The summed E-state index contributed by atoms with van der Waals surface area (Å²) in [5, 5.41) is 11.5. The van der Waals surface area contributed by atoms with Gasteiger partial charge in [0.15, 0.2) is 5.84 Å². The normalized spacial score (nSPS) is 27.0. The van der Waals surface area contributed by atoms with Crippen LogP contribution in [0, 0.1) is 5.21 Å². The van der Waals surface area contributed by atoms with Gasteiger partial charge in [0.1, 0.15) is 5.70 Å². The summed E-state index contributed by atoms with van der Waals surface area (Å²) >= 11 is -1.48. The quantitative estimate of drug-likeness (QED) is 0.515. The maximum absolute atomic E-state index is 11.1. The van der Waals surface area contributed by atoms with Gasteiger partial charge in [0.25, 0.3) is 0 Å². The van der Waals surface area contributed by atoms with Crippen molar-refractivity contribution >= 4 is 23.3 Å². The minimum absolute atomic E-state index is 0.158. The lowest BCUT2D eigenvalue weighted by Crippen LogP contribution is -2.29. The molecule has 64 valence electrons. The third-order valence-corrected chi connectivity index (χ3v) is 2.54. The Kier molecular flexibility index (Phi) is 1.48. The van der Waals surface area contributed by atoms with Crippen LogP contribution in [0.25, 0.3) is 0 Å². The van der Waals surface area contributed by atoms with Crippen molar-refractivity contribution in [3.8, 4) is 0 Å². The maximum Gasteiger partial charge on any atom is 0.247 e. The van der Waals surface area contributed by atoms with Gasteiger partial charge in [-0.15, -0.1) is 4.40 Å². The number of hydrogen-bond acceptors (Lipinski definition) is 4. The third kappa shape index (κ3) is 0.868. The SMILES string of the molecule is CN1C2=CN=CN([O-])C2=NS1=O. The molecule has 0 bridgehead atoms. The van der Waals surface area contributed by atoms with E-state index in [1.807, 2.05) is 0 Å². The Labute approximate surface area is 71.2 Å². The molecular weight excluding hydrogens is 180 g/mol. The molecule has 0 saturated heterocycles. The molecule has 0 N–H and O–H groups in total. The summed E-state index contributed by atoms with van der Waals surface area (Å²) in [5.74, 6) is 0.158. The number of aliphatic imine (C=N–C) groups is 1. The van der Waals surface area contributed by atoms with Crippen LogP contribution < -0.4 is 0 Å². The molecule has 0 fully saturated rings. The molecule has 0 saturated carbocycles. The van der Waals surface area contributed by atoms with Gasteiger partial charge in [-0.05, 0) is 0 Å². The third-order valence-electron chi connectivity index (χ3n) is 1.54. The second kappa shape index (κ2) is 2.39. The topological polar surface area (TPSA) is 71.3 Å². The molecule has 0 aromatic heterocycles. The Balaban J connectivity index is 2.47. The fourth-order valence-electron chi connectivity index (χ4n) is 0.918. The molecule has 1 atom stereocenters. The van der Waals surface area contributed by atoms with E-state index < -0.39 is 11.2 Å². The Hall–Kier alpha value is -1.21. The van der Waals surface area contributed by atoms with Crippen LogP contribution in [-0.4, -0.2) is 32.8 Å². The van der Waals surface area contributed by atoms with Crippen molar-refractivity contribution in [2.24, 2.45) is 9.39 Å². The van der Waals surface area contributed by atoms with Crippen LogP contribution in [0.3, 0.4) is 0 Å². The molecule has 0 aliphatic carbocycles. The maximum atomic E-state index is 11.1. The predicted octanol–water partition coefficient (Wildman–Crippen LogP) is -0.408. The molecule has 2 heterocycles. The van der Waals surface area contributed by atoms with Crippen LogP contribution in [0.5, 0.6) is 0 Å². The van der Waals surface area contributed by atoms with Gasteiger partial charge < -0.3 is 10.3 Å². The molecular formula is C5H5N4O2S-. The predicted molar refractivity (Wildman–Crippen MR) is 45.1 cm³/mol. The summed E-state index contributed by atoms with van der Waals surface area (Å²) in [7, 11) is 1.59. The van der Waals surface area contributed by atoms with E-state index in [0.717, 1.165) is 6.34 Å². The fraction of sp³-hybridized carbons (Fsp3) is 0.200. The molecule has 0 amide bonds. The Morgan fingerprint density at radius 1 is 1.67 bits per heavy atom. The van der Waals surface area contributed by atoms with E-state index in [1.54, 1.807) is 7.05 Å². The Morgan fingerprint density at radius 2 is 2.42 bits per heavy atom. The molecule has 0 aromatic rings. The highest BCUT2D eigenvalue weighted by atomic mass is 32.2. The van der Waals surface area contributed by atoms with Gasteiger partial charge in [-0.3, -0.25) is 4.31 Å². The number of hydroxylamine groups is 2. The van der Waals surface area contributed by atoms with E-state index in [1.165, 1.54) is 10.5 Å². The first-order valence-electron chi connectivity index (χ1n) is 3.15. The lowest BCUT2D eigenvalue weighted by molar-refractivity contribution is 0.623. The first kappa shape index (κ1) is 7.44. The molecule has 0 spiro atoms. The highest BCUT2D eigenvalue weighted by molar-refractivity contribution is 7.82. The number of hydrogen-bond donors (Lipinski definition) is 0. The standard InChI is InChI=1S/C5H5N4O2S/c1-8-4-2-6-3-9(10)5(4)7-12(8)11/h2-3H,1H3/q-1. The molecule has 12 heavy (non-hydrogen) atoms. The molecule has 2 aliphatic rings. The second-order valence-corrected chi connectivity index (χ2v) is 3.44. The summed E-state index contributed by atoms with van der Waals surface area (Å²) in [5.41, 5.74) is 0.492. The van der Waals surface area contributed by atoms with Crippen molar-refractivity contribution in [2.45, 2.75) is 0 Å². The van der Waals surface area contributed by atoms with Crippen LogP contribution in [0.15, 0.2) is 21.3 Å². The molecule has 6 nitrogen and oxygen atoms in total. The van der Waals surface area contributed by atoms with Gasteiger partial charge in [-0.1, -0.05) is 0 Å². The van der Waals surface area contributed by atoms with Crippen molar-refractivity contribution < 1.29 is 4.21 Å². The van der Waals surface area contributed by atoms with E-state index in [0.29, 0.717) is 10.8 Å². The Morgan fingerprint density at radius 3 is 3.08 bits per heavy atom. The fourth-order valence-corrected chi connectivity index (χ4v) is 1.66. The first-order chi connectivity index (χ1) is 5.70. The number of likely N-dealkylation sites (N-methyl/N-ethyl adjacent to an activating group) is 1. The van der Waals surface area contributed by atoms with E-state index in [-0.39, 0.29) is 5.84 Å². The lowest BCUT2D eigenvalue weighted by atomic mass is 10.4. The summed E-state index contributed by atoms with van der Waals surface area (Å²) in [4.78, 5) is 3.66. The highest BCUT2D eigenvalue weighted by Gasteiger charge is 2.27. The number of amidine groups is 1. The van der Waals surface area contributed by atoms with Crippen LogP contribution in [0.1, 0.15) is 0 Å². The number of rotatable bonds is 0. The zero-order chi connectivity index (χ0) is 8.72. The highest BCUT2D eigenvalue weighted by Crippen LogP contribution is 2.20. The van der Waals surface area contributed by atoms with Crippen molar-refractivity contribution in [3.63, 3.8) is 0 Å². The van der Waals surface area contributed by atoms with Crippen molar-refractivity contribution in [1.29, 1.82) is 0 Å². The minimum Gasteiger partial charge on any atom is -0.752 e. The monoisotopic (exact) mass is 185 g/mol.